The van der Waals surface area contributed by atoms with E-state index in [0.717, 1.165) is 12.8 Å². The van der Waals surface area contributed by atoms with Crippen LogP contribution in [0, 0.1) is 0 Å². The molecule has 0 bridgehead atoms. The summed E-state index contributed by atoms with van der Waals surface area (Å²) >= 11 is 0. The van der Waals surface area contributed by atoms with E-state index in [1.54, 1.807) is 0 Å². The molecule has 0 aromatic heterocycles. The van der Waals surface area contributed by atoms with Gasteiger partial charge in [0.2, 0.25) is 0 Å². The maximum absolute atomic E-state index is 12.1. The molecule has 3 nitrogen and oxygen atoms in total. The maximum atomic E-state index is 12.1. The third-order valence-electron chi connectivity index (χ3n) is 2.75. The normalized spacial score (nSPS) is 26.6. The molecular weight excluding hydrogens is 211 g/mol. The summed E-state index contributed by atoms with van der Waals surface area (Å²) in [6, 6.07) is -0.240. The van der Waals surface area contributed by atoms with Gasteiger partial charge < -0.3 is 10.2 Å². The van der Waals surface area contributed by atoms with Crippen LogP contribution in [0.4, 0.5) is 13.2 Å². The van der Waals surface area contributed by atoms with Gasteiger partial charge in [-0.2, -0.15) is 13.2 Å². The number of hydrogen-bond acceptors (Lipinski definition) is 3. The van der Waals surface area contributed by atoms with Crippen molar-refractivity contribution >= 4 is 0 Å². The lowest BCUT2D eigenvalue weighted by atomic mass is 10.0. The van der Waals surface area contributed by atoms with Gasteiger partial charge in [0.25, 0.3) is 0 Å². The summed E-state index contributed by atoms with van der Waals surface area (Å²) < 4.78 is 36.3. The Hall–Kier alpha value is -0.330. The van der Waals surface area contributed by atoms with E-state index in [9.17, 15) is 13.2 Å². The van der Waals surface area contributed by atoms with E-state index in [-0.39, 0.29) is 12.6 Å². The van der Waals surface area contributed by atoms with Crippen molar-refractivity contribution in [2.75, 3.05) is 19.7 Å². The maximum Gasteiger partial charge on any atom is 0.415 e. The van der Waals surface area contributed by atoms with Gasteiger partial charge in [0, 0.05) is 12.6 Å². The second-order valence-corrected chi connectivity index (χ2v) is 3.88. The highest BCUT2D eigenvalue weighted by Gasteiger charge is 2.40. The molecule has 15 heavy (non-hydrogen) atoms. The molecule has 1 aliphatic rings. The average molecular weight is 227 g/mol. The van der Waals surface area contributed by atoms with Crippen molar-refractivity contribution < 1.29 is 23.4 Å². The van der Waals surface area contributed by atoms with Crippen molar-refractivity contribution in [1.82, 2.24) is 4.90 Å². The van der Waals surface area contributed by atoms with Gasteiger partial charge in [-0.3, -0.25) is 4.90 Å². The van der Waals surface area contributed by atoms with Crippen LogP contribution in [0.3, 0.4) is 0 Å². The summed E-state index contributed by atoms with van der Waals surface area (Å²) in [6.45, 7) is -0.0718. The first-order chi connectivity index (χ1) is 6.95. The number of rotatable bonds is 3. The highest BCUT2D eigenvalue weighted by atomic mass is 19.4. The van der Waals surface area contributed by atoms with Crippen LogP contribution in [0.1, 0.15) is 19.3 Å². The van der Waals surface area contributed by atoms with Crippen LogP contribution in [0.2, 0.25) is 0 Å². The number of β-amino-alcohol motifs (C(OH)–C–C–N with tert-alkyl or cyclic N) is 1. The van der Waals surface area contributed by atoms with E-state index in [2.05, 4.69) is 0 Å². The summed E-state index contributed by atoms with van der Waals surface area (Å²) in [6.07, 6.45) is -4.45. The third kappa shape index (κ3) is 3.62. The fourth-order valence-electron chi connectivity index (χ4n) is 1.83. The SMILES string of the molecule is OCC1CCCCN1CC(O)C(F)(F)F. The Bertz CT molecular complexity index is 198. The minimum Gasteiger partial charge on any atom is -0.395 e. The second kappa shape index (κ2) is 5.14. The number of nitrogens with zero attached hydrogens (tertiary/aromatic N) is 1. The van der Waals surface area contributed by atoms with E-state index in [0.29, 0.717) is 13.0 Å². The second-order valence-electron chi connectivity index (χ2n) is 3.88. The predicted octanol–water partition coefficient (Wildman–Crippen LogP) is 0.756. The minimum atomic E-state index is -4.57. The number of alkyl halides is 3. The topological polar surface area (TPSA) is 43.7 Å². The zero-order chi connectivity index (χ0) is 11.5. The summed E-state index contributed by atoms with van der Waals surface area (Å²) in [5.41, 5.74) is 0. The monoisotopic (exact) mass is 227 g/mol. The molecule has 6 heteroatoms. The van der Waals surface area contributed by atoms with Crippen molar-refractivity contribution in [2.24, 2.45) is 0 Å². The van der Waals surface area contributed by atoms with Crippen molar-refractivity contribution in [3.63, 3.8) is 0 Å². The van der Waals surface area contributed by atoms with E-state index < -0.39 is 18.8 Å². The lowest BCUT2D eigenvalue weighted by molar-refractivity contribution is -0.210. The van der Waals surface area contributed by atoms with E-state index >= 15 is 0 Å². The van der Waals surface area contributed by atoms with Gasteiger partial charge >= 0.3 is 6.18 Å². The highest BCUT2D eigenvalue weighted by Crippen LogP contribution is 2.23. The van der Waals surface area contributed by atoms with Crippen molar-refractivity contribution in [3.05, 3.63) is 0 Å². The molecule has 2 unspecified atom stereocenters. The van der Waals surface area contributed by atoms with Gasteiger partial charge in [-0.1, -0.05) is 6.42 Å². The Labute approximate surface area is 86.5 Å². The minimum absolute atomic E-state index is 0.148. The molecule has 0 amide bonds. The number of likely N-dealkylation sites (tertiary alicyclic amines) is 1. The van der Waals surface area contributed by atoms with Crippen LogP contribution >= 0.6 is 0 Å². The zero-order valence-electron chi connectivity index (χ0n) is 8.37. The molecule has 0 aromatic carbocycles. The predicted molar refractivity (Wildman–Crippen MR) is 48.4 cm³/mol. The largest absolute Gasteiger partial charge is 0.415 e. The van der Waals surface area contributed by atoms with Gasteiger partial charge in [-0.05, 0) is 19.4 Å². The molecule has 0 radical (unpaired) electrons. The van der Waals surface area contributed by atoms with Gasteiger partial charge in [0.1, 0.15) is 0 Å². The standard InChI is InChI=1S/C9H16F3NO2/c10-9(11,12)8(15)5-13-4-2-1-3-7(13)6-14/h7-8,14-15H,1-6H2. The van der Waals surface area contributed by atoms with Crippen molar-refractivity contribution in [2.45, 2.75) is 37.6 Å². The Morgan fingerprint density at radius 2 is 2.00 bits per heavy atom. The first kappa shape index (κ1) is 12.7. The molecule has 1 fully saturated rings. The molecule has 0 spiro atoms. The van der Waals surface area contributed by atoms with Gasteiger partial charge in [0.15, 0.2) is 6.10 Å². The van der Waals surface area contributed by atoms with E-state index in [4.69, 9.17) is 10.2 Å². The zero-order valence-corrected chi connectivity index (χ0v) is 8.37. The first-order valence-electron chi connectivity index (χ1n) is 5.05. The Balaban J connectivity index is 2.48. The van der Waals surface area contributed by atoms with Crippen LogP contribution in [-0.2, 0) is 0 Å². The van der Waals surface area contributed by atoms with Crippen LogP contribution in [0.5, 0.6) is 0 Å². The van der Waals surface area contributed by atoms with Crippen LogP contribution < -0.4 is 0 Å². The van der Waals surface area contributed by atoms with Crippen molar-refractivity contribution in [1.29, 1.82) is 0 Å². The van der Waals surface area contributed by atoms with Crippen LogP contribution in [0.25, 0.3) is 0 Å². The van der Waals surface area contributed by atoms with E-state index in [1.807, 2.05) is 0 Å². The molecule has 0 saturated carbocycles. The van der Waals surface area contributed by atoms with Crippen molar-refractivity contribution in [3.8, 4) is 0 Å². The van der Waals surface area contributed by atoms with Gasteiger partial charge in [-0.25, -0.2) is 0 Å². The van der Waals surface area contributed by atoms with Gasteiger partial charge in [0.05, 0.1) is 6.61 Å². The summed E-state index contributed by atoms with van der Waals surface area (Å²) in [7, 11) is 0. The molecule has 1 saturated heterocycles. The molecule has 0 aromatic rings. The molecule has 90 valence electrons. The summed E-state index contributed by atoms with van der Waals surface area (Å²) in [5, 5.41) is 17.9. The smallest absolute Gasteiger partial charge is 0.395 e. The Kier molecular flexibility index (Phi) is 4.36. The summed E-state index contributed by atoms with van der Waals surface area (Å²) in [5.74, 6) is 0. The molecule has 2 N–H and O–H groups in total. The summed E-state index contributed by atoms with van der Waals surface area (Å²) in [4.78, 5) is 1.52. The van der Waals surface area contributed by atoms with E-state index in [1.165, 1.54) is 4.90 Å². The molecule has 1 aliphatic heterocycles. The molecule has 1 rings (SSSR count). The molecule has 0 aliphatic carbocycles. The molecule has 2 atom stereocenters. The Morgan fingerprint density at radius 3 is 2.53 bits per heavy atom. The molecular formula is C9H16F3NO2. The number of piperidine rings is 1. The quantitative estimate of drug-likeness (QED) is 0.748. The highest BCUT2D eigenvalue weighted by molar-refractivity contribution is 4.80. The fraction of sp³-hybridized carbons (Fsp3) is 1.00. The van der Waals surface area contributed by atoms with Crippen LogP contribution in [0.15, 0.2) is 0 Å². The number of halogens is 3. The number of aliphatic hydroxyl groups is 2. The number of hydrogen-bond donors (Lipinski definition) is 2. The third-order valence-corrected chi connectivity index (χ3v) is 2.75. The lowest BCUT2D eigenvalue weighted by Crippen LogP contribution is -2.48. The first-order valence-corrected chi connectivity index (χ1v) is 5.05. The Morgan fingerprint density at radius 1 is 1.33 bits per heavy atom. The van der Waals surface area contributed by atoms with Crippen LogP contribution in [-0.4, -0.2) is 53.1 Å². The average Bonchev–Trinajstić information content (AvgIpc) is 2.17. The molecule has 1 heterocycles. The van der Waals surface area contributed by atoms with Gasteiger partial charge in [-0.15, -0.1) is 0 Å². The number of aliphatic hydroxyl groups excluding tert-OH is 2. The fourth-order valence-corrected chi connectivity index (χ4v) is 1.83. The lowest BCUT2D eigenvalue weighted by Gasteiger charge is -2.36.